The molecule has 8 N–H and O–H groups in total. The maximum atomic E-state index is 12.8. The number of aromatic nitrogens is 2. The first kappa shape index (κ1) is 33.7. The van der Waals surface area contributed by atoms with Gasteiger partial charge in [-0.1, -0.05) is 31.2 Å². The van der Waals surface area contributed by atoms with Crippen LogP contribution >= 0.6 is 0 Å². The lowest BCUT2D eigenvalue weighted by Gasteiger charge is -2.14. The molecule has 42 heavy (non-hydrogen) atoms. The van der Waals surface area contributed by atoms with Crippen LogP contribution in [0.15, 0.2) is 53.3 Å². The van der Waals surface area contributed by atoms with Gasteiger partial charge in [0.1, 0.15) is 24.2 Å². The number of fused-ring (bicyclic) bond motifs is 1. The van der Waals surface area contributed by atoms with Crippen molar-refractivity contribution < 1.29 is 29.3 Å². The largest absolute Gasteiger partial charge is 0.492 e. The van der Waals surface area contributed by atoms with Gasteiger partial charge < -0.3 is 36.5 Å². The van der Waals surface area contributed by atoms with Crippen molar-refractivity contribution in [2.75, 3.05) is 19.8 Å². The number of benzene rings is 2. The molecule has 0 aliphatic rings. The van der Waals surface area contributed by atoms with E-state index in [2.05, 4.69) is 10.3 Å². The first-order chi connectivity index (χ1) is 20.1. The molecular weight excluding hydrogens is 544 g/mol. The number of aliphatic carboxylic acids is 2. The minimum atomic E-state index is -1.00. The molecule has 0 bridgehead atoms. The molecule has 0 radical (unpaired) electrons. The number of hydrogen-bond donors (Lipinski definition) is 6. The smallest absolute Gasteiger partial charge is 0.333 e. The zero-order chi connectivity index (χ0) is 31.1. The van der Waals surface area contributed by atoms with Gasteiger partial charge in [-0.15, -0.1) is 0 Å². The number of aryl methyl sites for hydroxylation is 1. The number of ether oxygens (including phenoxy) is 2. The highest BCUT2D eigenvalue weighted by molar-refractivity contribution is 5.77. The average Bonchev–Trinajstić information content (AvgIpc) is 2.97. The second kappa shape index (κ2) is 17.4. The predicted molar refractivity (Wildman–Crippen MR) is 159 cm³/mol. The van der Waals surface area contributed by atoms with Crippen molar-refractivity contribution in [2.24, 2.45) is 11.5 Å². The Morgan fingerprint density at radius 1 is 1.10 bits per heavy atom. The maximum Gasteiger partial charge on any atom is 0.333 e. The van der Waals surface area contributed by atoms with E-state index in [1.807, 2.05) is 37.3 Å². The molecule has 0 aliphatic carbocycles. The second-order valence-electron chi connectivity index (χ2n) is 9.26. The number of para-hydroxylation sites is 1. The van der Waals surface area contributed by atoms with Crippen LogP contribution in [0.25, 0.3) is 10.9 Å². The lowest BCUT2D eigenvalue weighted by molar-refractivity contribution is -0.150. The third-order valence-electron chi connectivity index (χ3n) is 6.15. The number of carboxylic acids is 2. The van der Waals surface area contributed by atoms with E-state index in [0.717, 1.165) is 11.4 Å². The molecule has 0 spiro atoms. The van der Waals surface area contributed by atoms with Gasteiger partial charge in [0, 0.05) is 26.0 Å². The summed E-state index contributed by atoms with van der Waals surface area (Å²) in [6.45, 7) is 5.29. The van der Waals surface area contributed by atoms with Crippen LogP contribution in [0, 0.1) is 5.41 Å². The lowest BCUT2D eigenvalue weighted by Crippen LogP contribution is -2.34. The minimum absolute atomic E-state index is 0.0629. The molecule has 228 valence electrons. The van der Waals surface area contributed by atoms with Crippen molar-refractivity contribution in [1.82, 2.24) is 14.9 Å². The summed E-state index contributed by atoms with van der Waals surface area (Å²) in [5.41, 5.74) is 11.7. The van der Waals surface area contributed by atoms with Gasteiger partial charge >= 0.3 is 11.9 Å². The zero-order valence-electron chi connectivity index (χ0n) is 23.9. The number of carbonyl (C=O) groups is 2. The highest BCUT2D eigenvalue weighted by Crippen LogP contribution is 2.15. The van der Waals surface area contributed by atoms with Crippen molar-refractivity contribution in [3.8, 4) is 5.75 Å². The lowest BCUT2D eigenvalue weighted by atomic mass is 10.1. The Morgan fingerprint density at radius 3 is 2.38 bits per heavy atom. The maximum absolute atomic E-state index is 12.8. The summed E-state index contributed by atoms with van der Waals surface area (Å²) in [6, 6.07) is 13.8. The fourth-order valence-electron chi connectivity index (χ4n) is 3.99. The van der Waals surface area contributed by atoms with E-state index < -0.39 is 24.1 Å². The van der Waals surface area contributed by atoms with Crippen LogP contribution in [-0.4, -0.2) is 69.6 Å². The van der Waals surface area contributed by atoms with E-state index in [1.165, 1.54) is 0 Å². The van der Waals surface area contributed by atoms with E-state index in [0.29, 0.717) is 68.6 Å². The van der Waals surface area contributed by atoms with Gasteiger partial charge in [-0.05, 0) is 49.6 Å². The highest BCUT2D eigenvalue weighted by Gasteiger charge is 2.18. The molecule has 0 amide bonds. The van der Waals surface area contributed by atoms with Crippen LogP contribution < -0.4 is 27.1 Å². The Morgan fingerprint density at radius 2 is 1.79 bits per heavy atom. The van der Waals surface area contributed by atoms with Crippen LogP contribution in [0.1, 0.15) is 38.1 Å². The molecule has 1 aromatic heterocycles. The number of rotatable bonds is 15. The number of nitrogens with one attached hydrogen (secondary N) is 2. The van der Waals surface area contributed by atoms with Crippen molar-refractivity contribution >= 4 is 28.8 Å². The number of carboxylic acid groups (broad SMARTS) is 2. The normalized spacial score (nSPS) is 12.1. The van der Waals surface area contributed by atoms with Crippen molar-refractivity contribution in [3.63, 3.8) is 0 Å². The quantitative estimate of drug-likeness (QED) is 0.0859. The Kier molecular flexibility index (Phi) is 13.9. The number of nitrogens with zero attached hydrogens (tertiary/aromatic N) is 2. The molecule has 3 aromatic rings. The Bertz CT molecular complexity index is 1380. The summed E-state index contributed by atoms with van der Waals surface area (Å²) in [5, 5.41) is 27.5. The van der Waals surface area contributed by atoms with E-state index in [9.17, 15) is 19.5 Å². The summed E-state index contributed by atoms with van der Waals surface area (Å²) in [5.74, 6) is -0.703. The van der Waals surface area contributed by atoms with E-state index in [1.54, 1.807) is 29.7 Å². The summed E-state index contributed by atoms with van der Waals surface area (Å²) >= 11 is 0. The Balaban J connectivity index is 0.000000435. The van der Waals surface area contributed by atoms with Gasteiger partial charge in [0.2, 0.25) is 0 Å². The predicted octanol–water partition coefficient (Wildman–Crippen LogP) is 1.73. The monoisotopic (exact) mass is 584 g/mol. The molecule has 13 nitrogen and oxygen atoms in total. The van der Waals surface area contributed by atoms with Gasteiger partial charge in [0.15, 0.2) is 12.1 Å². The molecule has 0 fully saturated rings. The van der Waals surface area contributed by atoms with Gasteiger partial charge in [0.05, 0.1) is 17.4 Å². The number of nitrogens with two attached hydrogens (primary N) is 2. The first-order valence-corrected chi connectivity index (χ1v) is 13.7. The van der Waals surface area contributed by atoms with Gasteiger partial charge in [-0.3, -0.25) is 19.6 Å². The molecule has 3 rings (SSSR count). The van der Waals surface area contributed by atoms with E-state index >= 15 is 0 Å². The fraction of sp³-hybridized carbons (Fsp3) is 0.414. The summed E-state index contributed by atoms with van der Waals surface area (Å²) in [4.78, 5) is 38.8. The molecule has 13 heteroatoms. The standard InChI is InChI=1S/C23H26N2O5.C6H14N4O2/c1-3-21-24-19-8-6-5-7-18(19)22(26)25(21)13-14-30-17-11-9-16(10-12-17)15-20(23(27)28)29-4-2;7-4(5(11)12)2-1-3-10-6(8)9/h5-12,20H,3-4,13-15H2,1-2H3,(H,27,28);4H,1-3,7H2,(H,11,12)(H4,8,9,10). The first-order valence-electron chi connectivity index (χ1n) is 13.7. The third kappa shape index (κ3) is 10.8. The van der Waals surface area contributed by atoms with Crippen LogP contribution in [0.3, 0.4) is 0 Å². The Labute approximate surface area is 244 Å². The Hall–Kier alpha value is -4.49. The third-order valence-corrected chi connectivity index (χ3v) is 6.15. The summed E-state index contributed by atoms with van der Waals surface area (Å²) in [7, 11) is 0. The zero-order valence-corrected chi connectivity index (χ0v) is 23.9. The van der Waals surface area contributed by atoms with E-state index in [4.69, 9.17) is 31.5 Å². The van der Waals surface area contributed by atoms with Gasteiger partial charge in [-0.25, -0.2) is 9.78 Å². The molecule has 0 saturated carbocycles. The summed E-state index contributed by atoms with van der Waals surface area (Å²) in [6.07, 6.45) is 1.06. The molecule has 0 saturated heterocycles. The van der Waals surface area contributed by atoms with Crippen LogP contribution in [-0.2, 0) is 33.7 Å². The number of hydrogen-bond acceptors (Lipinski definition) is 8. The van der Waals surface area contributed by atoms with Gasteiger partial charge in [0.25, 0.3) is 5.56 Å². The SMILES string of the molecule is CCOC(Cc1ccc(OCCn2c(CC)nc3ccccc3c2=O)cc1)C(=O)O.N=C(N)NCCCC(N)C(=O)O. The van der Waals surface area contributed by atoms with Gasteiger partial charge in [-0.2, -0.15) is 0 Å². The molecule has 2 aromatic carbocycles. The van der Waals surface area contributed by atoms with E-state index in [-0.39, 0.29) is 11.5 Å². The highest BCUT2D eigenvalue weighted by atomic mass is 16.5. The molecule has 1 heterocycles. The molecular formula is C29H40N6O7. The van der Waals surface area contributed by atoms with Crippen molar-refractivity contribution in [2.45, 2.75) is 58.2 Å². The summed E-state index contributed by atoms with van der Waals surface area (Å²) < 4.78 is 12.7. The van der Waals surface area contributed by atoms with Crippen LogP contribution in [0.5, 0.6) is 5.75 Å². The molecule has 0 aliphatic heterocycles. The average molecular weight is 585 g/mol. The minimum Gasteiger partial charge on any atom is -0.492 e. The number of guanidine groups is 1. The molecule has 2 atom stereocenters. The second-order valence-corrected chi connectivity index (χ2v) is 9.26. The fourth-order valence-corrected chi connectivity index (χ4v) is 3.99. The molecule has 2 unspecified atom stereocenters. The van der Waals surface area contributed by atoms with Crippen LogP contribution in [0.2, 0.25) is 0 Å². The topological polar surface area (TPSA) is 216 Å². The van der Waals surface area contributed by atoms with Crippen molar-refractivity contribution in [1.29, 1.82) is 5.41 Å². The van der Waals surface area contributed by atoms with Crippen LogP contribution in [0.4, 0.5) is 0 Å². The van der Waals surface area contributed by atoms with Crippen molar-refractivity contribution in [3.05, 3.63) is 70.3 Å².